The normalized spacial score (nSPS) is 12.2. The topological polar surface area (TPSA) is 9.86 Å². The van der Waals surface area contributed by atoms with Crippen LogP contribution in [0.1, 0.15) is 11.1 Å². The maximum atomic E-state index is 2.58. The average molecular weight is 505 g/mol. The van der Waals surface area contributed by atoms with Gasteiger partial charge in [-0.25, -0.2) is 0 Å². The zero-order valence-corrected chi connectivity index (χ0v) is 21.2. The summed E-state index contributed by atoms with van der Waals surface area (Å²) < 4.78 is 5.16. The van der Waals surface area contributed by atoms with Gasteiger partial charge in [-0.1, -0.05) is 60.7 Å². The molecule has 168 valence electrons. The summed E-state index contributed by atoms with van der Waals surface area (Å²) in [5.74, 6) is 0. The van der Waals surface area contributed by atoms with Gasteiger partial charge in [-0.05, 0) is 44.8 Å². The molecule has 0 bridgehead atoms. The number of hydrogen-bond donors (Lipinski definition) is 0. The Morgan fingerprint density at radius 2 is 0.971 bits per heavy atom. The molecule has 3 aromatic carbocycles. The van der Waals surface area contributed by atoms with Crippen LogP contribution >= 0.6 is 34.0 Å². The molecule has 8 rings (SSSR count). The monoisotopic (exact) mass is 504 g/mol. The van der Waals surface area contributed by atoms with Crippen LogP contribution in [-0.2, 0) is 13.1 Å². The van der Waals surface area contributed by atoms with Gasteiger partial charge in [0.2, 0.25) is 0 Å². The summed E-state index contributed by atoms with van der Waals surface area (Å²) in [6.45, 7) is 1.74. The minimum atomic E-state index is 0.871. The van der Waals surface area contributed by atoms with E-state index < -0.39 is 0 Å². The Kier molecular flexibility index (Phi) is 4.29. The second kappa shape index (κ2) is 7.56. The maximum absolute atomic E-state index is 2.58. The molecule has 5 heterocycles. The van der Waals surface area contributed by atoms with Gasteiger partial charge < -0.3 is 9.13 Å². The minimum Gasteiger partial charge on any atom is -0.326 e. The van der Waals surface area contributed by atoms with E-state index in [9.17, 15) is 0 Å². The Bertz CT molecular complexity index is 1850. The third kappa shape index (κ3) is 2.80. The Hall–Kier alpha value is -3.38. The predicted molar refractivity (Wildman–Crippen MR) is 155 cm³/mol. The molecule has 8 aromatic rings. The second-order valence-electron chi connectivity index (χ2n) is 9.07. The first-order valence-electron chi connectivity index (χ1n) is 11.7. The zero-order chi connectivity index (χ0) is 22.9. The van der Waals surface area contributed by atoms with E-state index in [1.807, 2.05) is 34.0 Å². The fraction of sp³-hybridized carbons (Fsp3) is 0.0667. The SMILES string of the molecule is c1ccc(Cn2c3sccc3c3c4cscc4c4c5ccsc5n(Cc5ccccc5)c4c32)cc1. The first-order chi connectivity index (χ1) is 17.4. The van der Waals surface area contributed by atoms with Gasteiger partial charge in [-0.3, -0.25) is 0 Å². The number of rotatable bonds is 4. The van der Waals surface area contributed by atoms with Gasteiger partial charge in [-0.2, -0.15) is 11.3 Å². The van der Waals surface area contributed by atoms with Crippen LogP contribution in [0.5, 0.6) is 0 Å². The number of benzene rings is 3. The van der Waals surface area contributed by atoms with Crippen LogP contribution in [0.15, 0.2) is 94.3 Å². The van der Waals surface area contributed by atoms with Gasteiger partial charge in [0.15, 0.2) is 0 Å². The smallest absolute Gasteiger partial charge is 0.104 e. The summed E-state index contributed by atoms with van der Waals surface area (Å²) in [6.07, 6.45) is 0. The van der Waals surface area contributed by atoms with E-state index in [4.69, 9.17) is 0 Å². The highest BCUT2D eigenvalue weighted by atomic mass is 32.1. The highest BCUT2D eigenvalue weighted by Crippen LogP contribution is 2.47. The van der Waals surface area contributed by atoms with Crippen LogP contribution in [0.2, 0.25) is 0 Å². The van der Waals surface area contributed by atoms with Gasteiger partial charge in [-0.15, -0.1) is 22.7 Å². The quantitative estimate of drug-likeness (QED) is 0.226. The third-order valence-corrected chi connectivity index (χ3v) is 9.74. The number of thiophene rings is 3. The molecule has 0 saturated heterocycles. The molecule has 0 aliphatic carbocycles. The van der Waals surface area contributed by atoms with Crippen molar-refractivity contribution in [2.75, 3.05) is 0 Å². The van der Waals surface area contributed by atoms with E-state index in [2.05, 4.69) is 103 Å². The molecule has 0 aliphatic heterocycles. The van der Waals surface area contributed by atoms with Crippen LogP contribution in [-0.4, -0.2) is 9.13 Å². The molecule has 0 unspecified atom stereocenters. The van der Waals surface area contributed by atoms with E-state index in [0.29, 0.717) is 0 Å². The van der Waals surface area contributed by atoms with Crippen LogP contribution in [0.3, 0.4) is 0 Å². The largest absolute Gasteiger partial charge is 0.326 e. The molecule has 0 aliphatic rings. The highest BCUT2D eigenvalue weighted by Gasteiger charge is 2.24. The van der Waals surface area contributed by atoms with E-state index in [-0.39, 0.29) is 0 Å². The van der Waals surface area contributed by atoms with Crippen molar-refractivity contribution in [3.63, 3.8) is 0 Å². The van der Waals surface area contributed by atoms with E-state index >= 15 is 0 Å². The van der Waals surface area contributed by atoms with Gasteiger partial charge in [0, 0.05) is 45.4 Å². The molecule has 0 fully saturated rings. The molecular formula is C30H20N2S3. The lowest BCUT2D eigenvalue weighted by Crippen LogP contribution is -2.03. The molecule has 0 radical (unpaired) electrons. The lowest BCUT2D eigenvalue weighted by atomic mass is 10.0. The second-order valence-corrected chi connectivity index (χ2v) is 11.6. The molecule has 35 heavy (non-hydrogen) atoms. The van der Waals surface area contributed by atoms with Gasteiger partial charge in [0.1, 0.15) is 9.66 Å². The summed E-state index contributed by atoms with van der Waals surface area (Å²) in [7, 11) is 0. The molecule has 5 heteroatoms. The Morgan fingerprint density at radius 1 is 0.514 bits per heavy atom. The predicted octanol–water partition coefficient (Wildman–Crippen LogP) is 9.34. The lowest BCUT2D eigenvalue weighted by Gasteiger charge is -2.13. The number of hydrogen-bond acceptors (Lipinski definition) is 3. The lowest BCUT2D eigenvalue weighted by molar-refractivity contribution is 0.855. The fourth-order valence-corrected chi connectivity index (χ4v) is 8.34. The summed E-state index contributed by atoms with van der Waals surface area (Å²) in [6, 6.07) is 26.4. The van der Waals surface area contributed by atoms with Crippen molar-refractivity contribution in [2.45, 2.75) is 13.1 Å². The molecule has 2 nitrogen and oxygen atoms in total. The molecule has 0 amide bonds. The number of fused-ring (bicyclic) bond motifs is 10. The van der Waals surface area contributed by atoms with Crippen LogP contribution < -0.4 is 0 Å². The highest BCUT2D eigenvalue weighted by molar-refractivity contribution is 7.17. The third-order valence-electron chi connectivity index (χ3n) is 7.12. The van der Waals surface area contributed by atoms with E-state index in [0.717, 1.165) is 13.1 Å². The van der Waals surface area contributed by atoms with Crippen molar-refractivity contribution in [1.29, 1.82) is 0 Å². The average Bonchev–Trinajstić information content (AvgIpc) is 3.70. The van der Waals surface area contributed by atoms with Crippen molar-refractivity contribution in [3.8, 4) is 0 Å². The molecule has 5 aromatic heterocycles. The van der Waals surface area contributed by atoms with Crippen molar-refractivity contribution in [3.05, 3.63) is 105 Å². The molecule has 0 spiro atoms. The molecule has 0 atom stereocenters. The Labute approximate surface area is 213 Å². The first-order valence-corrected chi connectivity index (χ1v) is 14.4. The maximum Gasteiger partial charge on any atom is 0.104 e. The molecule has 0 saturated carbocycles. The van der Waals surface area contributed by atoms with Crippen molar-refractivity contribution >= 4 is 87.0 Å². The molecule has 0 N–H and O–H groups in total. The van der Waals surface area contributed by atoms with E-state index in [1.165, 1.54) is 64.1 Å². The Morgan fingerprint density at radius 3 is 1.43 bits per heavy atom. The van der Waals surface area contributed by atoms with E-state index in [1.54, 1.807) is 0 Å². The van der Waals surface area contributed by atoms with Gasteiger partial charge in [0.25, 0.3) is 0 Å². The standard InChI is InChI=1S/C30H20N2S3/c1-3-7-19(8-4-1)15-31-27-25(21-11-13-34-29(21)31)23-17-33-18-24(23)26-22-12-14-35-30(22)32(28(26)27)16-20-9-5-2-6-10-20/h1-14,17-18H,15-16H2. The van der Waals surface area contributed by atoms with Gasteiger partial charge in [0.05, 0.1) is 11.0 Å². The van der Waals surface area contributed by atoms with Gasteiger partial charge >= 0.3 is 0 Å². The molecular weight excluding hydrogens is 485 g/mol. The summed E-state index contributed by atoms with van der Waals surface area (Å²) in [4.78, 5) is 2.72. The van der Waals surface area contributed by atoms with Crippen LogP contribution in [0.25, 0.3) is 53.0 Å². The van der Waals surface area contributed by atoms with Crippen molar-refractivity contribution in [2.24, 2.45) is 0 Å². The zero-order valence-electron chi connectivity index (χ0n) is 18.8. The minimum absolute atomic E-state index is 0.871. The number of aromatic nitrogens is 2. The summed E-state index contributed by atoms with van der Waals surface area (Å²) >= 11 is 5.53. The summed E-state index contributed by atoms with van der Waals surface area (Å²) in [5, 5.41) is 17.5. The van der Waals surface area contributed by atoms with Crippen LogP contribution in [0.4, 0.5) is 0 Å². The van der Waals surface area contributed by atoms with Crippen LogP contribution in [0, 0.1) is 0 Å². The Balaban J connectivity index is 1.58. The van der Waals surface area contributed by atoms with Crippen molar-refractivity contribution in [1.82, 2.24) is 9.13 Å². The first kappa shape index (κ1) is 19.9. The van der Waals surface area contributed by atoms with Crippen molar-refractivity contribution < 1.29 is 0 Å². The summed E-state index contributed by atoms with van der Waals surface area (Å²) in [5.41, 5.74) is 5.41. The fourth-order valence-electron chi connectivity index (χ4n) is 5.68. The number of nitrogens with zero attached hydrogens (tertiary/aromatic N) is 2.